The first-order valence-electron chi connectivity index (χ1n) is 7.62. The smallest absolute Gasteiger partial charge is 0.167 e. The van der Waals surface area contributed by atoms with Crippen molar-refractivity contribution >= 4 is 21.7 Å². The fourth-order valence-corrected chi connectivity index (χ4v) is 2.59. The minimum absolute atomic E-state index is 0.0259. The molecule has 128 valence electrons. The second kappa shape index (κ2) is 7.30. The van der Waals surface area contributed by atoms with Crippen molar-refractivity contribution in [2.75, 3.05) is 0 Å². The number of phenols is 1. The summed E-state index contributed by atoms with van der Waals surface area (Å²) in [4.78, 5) is 20.6. The first-order valence-corrected chi connectivity index (χ1v) is 8.41. The number of halogens is 1. The predicted molar refractivity (Wildman–Crippen MR) is 95.3 cm³/mol. The van der Waals surface area contributed by atoms with E-state index in [4.69, 9.17) is 4.74 Å². The summed E-state index contributed by atoms with van der Waals surface area (Å²) in [5.74, 6) is 0.413. The molecule has 0 atom stereocenters. The summed E-state index contributed by atoms with van der Waals surface area (Å²) >= 11 is 3.26. The van der Waals surface area contributed by atoms with E-state index >= 15 is 0 Å². The summed E-state index contributed by atoms with van der Waals surface area (Å²) in [6.07, 6.45) is 3.57. The molecular formula is C18H21BrN2O3. The lowest BCUT2D eigenvalue weighted by Gasteiger charge is -2.18. The normalized spacial score (nSPS) is 11.4. The van der Waals surface area contributed by atoms with Crippen molar-refractivity contribution in [3.05, 3.63) is 46.0 Å². The van der Waals surface area contributed by atoms with E-state index < -0.39 is 0 Å². The van der Waals surface area contributed by atoms with E-state index in [-0.39, 0.29) is 23.6 Å². The maximum absolute atomic E-state index is 12.3. The van der Waals surface area contributed by atoms with Crippen LogP contribution in [0, 0.1) is 12.3 Å². The van der Waals surface area contributed by atoms with Gasteiger partial charge in [0.05, 0.1) is 23.7 Å². The van der Waals surface area contributed by atoms with E-state index in [1.165, 1.54) is 0 Å². The number of phenolic OH excluding ortho intramolecular Hbond substituents is 1. The average molecular weight is 393 g/mol. The van der Waals surface area contributed by atoms with Gasteiger partial charge in [-0.25, -0.2) is 4.98 Å². The molecule has 0 amide bonds. The fraction of sp³-hybridized carbons (Fsp3) is 0.389. The van der Waals surface area contributed by atoms with Gasteiger partial charge in [-0.3, -0.25) is 9.78 Å². The predicted octanol–water partition coefficient (Wildman–Crippen LogP) is 4.45. The molecule has 0 radical (unpaired) electrons. The monoisotopic (exact) mass is 392 g/mol. The number of nitrogens with zero attached hydrogens (tertiary/aromatic N) is 2. The number of aromatic nitrogens is 2. The van der Waals surface area contributed by atoms with Crippen LogP contribution in [0.25, 0.3) is 0 Å². The van der Waals surface area contributed by atoms with Gasteiger partial charge in [0, 0.05) is 12.0 Å². The molecule has 1 aromatic carbocycles. The highest BCUT2D eigenvalue weighted by atomic mass is 79.9. The molecular weight excluding hydrogens is 372 g/mol. The van der Waals surface area contributed by atoms with Crippen LogP contribution in [0.15, 0.2) is 29.1 Å². The molecule has 6 heteroatoms. The van der Waals surface area contributed by atoms with Crippen LogP contribution < -0.4 is 4.74 Å². The SMILES string of the molecule is Cc1c(OCc2cncc(Br)n2)ccc(C(=O)CC(C)(C)C)c1O. The third-order valence-electron chi connectivity index (χ3n) is 3.40. The Morgan fingerprint density at radius 2 is 2.00 bits per heavy atom. The van der Waals surface area contributed by atoms with Crippen LogP contribution in [0.4, 0.5) is 0 Å². The number of carbonyl (C=O) groups excluding carboxylic acids is 1. The van der Waals surface area contributed by atoms with Crippen molar-refractivity contribution in [1.29, 1.82) is 0 Å². The average Bonchev–Trinajstić information content (AvgIpc) is 2.47. The number of hydrogen-bond acceptors (Lipinski definition) is 5. The standard InChI is InChI=1S/C18H21BrN2O3/c1-11-15(24-10-12-8-20-9-16(19)21-12)6-5-13(17(11)23)14(22)7-18(2,3)4/h5-6,8-9,23H,7,10H2,1-4H3. The second-order valence-corrected chi connectivity index (χ2v) is 7.68. The molecule has 0 aliphatic rings. The van der Waals surface area contributed by atoms with E-state index in [1.807, 2.05) is 20.8 Å². The highest BCUT2D eigenvalue weighted by Gasteiger charge is 2.21. The van der Waals surface area contributed by atoms with Crippen LogP contribution in [0.3, 0.4) is 0 Å². The molecule has 5 nitrogen and oxygen atoms in total. The molecule has 1 heterocycles. The number of aromatic hydroxyl groups is 1. The van der Waals surface area contributed by atoms with E-state index in [2.05, 4.69) is 25.9 Å². The fourth-order valence-electron chi connectivity index (χ4n) is 2.24. The molecule has 0 aliphatic carbocycles. The first kappa shape index (κ1) is 18.4. The summed E-state index contributed by atoms with van der Waals surface area (Å²) in [7, 11) is 0. The third kappa shape index (κ3) is 4.77. The molecule has 0 aliphatic heterocycles. The Kier molecular flexibility index (Phi) is 5.59. The van der Waals surface area contributed by atoms with Gasteiger partial charge in [-0.15, -0.1) is 0 Å². The molecule has 0 saturated carbocycles. The Bertz CT molecular complexity index is 754. The number of ketones is 1. The molecule has 0 fully saturated rings. The van der Waals surface area contributed by atoms with E-state index in [0.29, 0.717) is 33.6 Å². The van der Waals surface area contributed by atoms with Crippen LogP contribution in [-0.4, -0.2) is 20.9 Å². The van der Waals surface area contributed by atoms with Gasteiger partial charge in [-0.2, -0.15) is 0 Å². The number of benzene rings is 1. The number of hydrogen-bond donors (Lipinski definition) is 1. The number of carbonyl (C=O) groups is 1. The molecule has 0 saturated heterocycles. The molecule has 2 aromatic rings. The molecule has 0 bridgehead atoms. The van der Waals surface area contributed by atoms with E-state index in [0.717, 1.165) is 0 Å². The van der Waals surface area contributed by atoms with Gasteiger partial charge in [0.2, 0.25) is 0 Å². The Labute approximate surface area is 150 Å². The third-order valence-corrected chi connectivity index (χ3v) is 3.79. The van der Waals surface area contributed by atoms with Crippen molar-refractivity contribution in [2.24, 2.45) is 5.41 Å². The van der Waals surface area contributed by atoms with Gasteiger partial charge in [0.15, 0.2) is 5.78 Å². The van der Waals surface area contributed by atoms with Crippen molar-refractivity contribution in [1.82, 2.24) is 9.97 Å². The zero-order chi connectivity index (χ0) is 17.9. The van der Waals surface area contributed by atoms with Gasteiger partial charge < -0.3 is 9.84 Å². The minimum Gasteiger partial charge on any atom is -0.507 e. The Morgan fingerprint density at radius 3 is 2.62 bits per heavy atom. The highest BCUT2D eigenvalue weighted by Crippen LogP contribution is 2.33. The van der Waals surface area contributed by atoms with E-state index in [1.54, 1.807) is 31.5 Å². The summed E-state index contributed by atoms with van der Waals surface area (Å²) in [5, 5.41) is 10.4. The maximum atomic E-state index is 12.3. The van der Waals surface area contributed by atoms with Gasteiger partial charge >= 0.3 is 0 Å². The van der Waals surface area contributed by atoms with Crippen molar-refractivity contribution < 1.29 is 14.6 Å². The highest BCUT2D eigenvalue weighted by molar-refractivity contribution is 9.10. The van der Waals surface area contributed by atoms with E-state index in [9.17, 15) is 9.90 Å². The lowest BCUT2D eigenvalue weighted by Crippen LogP contribution is -2.13. The maximum Gasteiger partial charge on any atom is 0.167 e. The molecule has 0 unspecified atom stereocenters. The van der Waals surface area contributed by atoms with Gasteiger partial charge in [0.25, 0.3) is 0 Å². The lowest BCUT2D eigenvalue weighted by molar-refractivity contribution is 0.0937. The zero-order valence-electron chi connectivity index (χ0n) is 14.3. The summed E-state index contributed by atoms with van der Waals surface area (Å²) in [6.45, 7) is 7.93. The van der Waals surface area contributed by atoms with Crippen LogP contribution in [-0.2, 0) is 6.61 Å². The summed E-state index contributed by atoms with van der Waals surface area (Å²) in [6, 6.07) is 3.31. The van der Waals surface area contributed by atoms with Crippen LogP contribution >= 0.6 is 15.9 Å². The van der Waals surface area contributed by atoms with Crippen LogP contribution in [0.5, 0.6) is 11.5 Å². The quantitative estimate of drug-likeness (QED) is 0.760. The first-order chi connectivity index (χ1) is 11.2. The Hall–Kier alpha value is -1.95. The van der Waals surface area contributed by atoms with Gasteiger partial charge in [0.1, 0.15) is 22.7 Å². The Morgan fingerprint density at radius 1 is 1.29 bits per heavy atom. The molecule has 1 N–H and O–H groups in total. The largest absolute Gasteiger partial charge is 0.507 e. The molecule has 24 heavy (non-hydrogen) atoms. The second-order valence-electron chi connectivity index (χ2n) is 6.87. The molecule has 2 rings (SSSR count). The van der Waals surface area contributed by atoms with Crippen molar-refractivity contribution in [3.63, 3.8) is 0 Å². The zero-order valence-corrected chi connectivity index (χ0v) is 15.8. The molecule has 0 spiro atoms. The summed E-state index contributed by atoms with van der Waals surface area (Å²) in [5.41, 5.74) is 1.40. The van der Waals surface area contributed by atoms with Crippen molar-refractivity contribution in [3.8, 4) is 11.5 Å². The summed E-state index contributed by atoms with van der Waals surface area (Å²) < 4.78 is 6.33. The minimum atomic E-state index is -0.133. The van der Waals surface area contributed by atoms with Gasteiger partial charge in [-0.05, 0) is 40.4 Å². The molecule has 1 aromatic heterocycles. The lowest BCUT2D eigenvalue weighted by atomic mass is 9.87. The topological polar surface area (TPSA) is 72.3 Å². The van der Waals surface area contributed by atoms with Gasteiger partial charge in [-0.1, -0.05) is 20.8 Å². The Balaban J connectivity index is 2.16. The number of rotatable bonds is 5. The van der Waals surface area contributed by atoms with Crippen molar-refractivity contribution in [2.45, 2.75) is 40.7 Å². The van der Waals surface area contributed by atoms with Crippen LogP contribution in [0.2, 0.25) is 0 Å². The van der Waals surface area contributed by atoms with Crippen LogP contribution in [0.1, 0.15) is 48.8 Å². The number of ether oxygens (including phenoxy) is 1. The number of Topliss-reactive ketones (excluding diaryl/α,β-unsaturated/α-hetero) is 1.